The fourth-order valence-corrected chi connectivity index (χ4v) is 2.06. The molecular weight excluding hydrogens is 268 g/mol. The number of rotatable bonds is 5. The van der Waals surface area contributed by atoms with Crippen molar-refractivity contribution >= 4 is 17.5 Å². The van der Waals surface area contributed by atoms with Gasteiger partial charge in [0.1, 0.15) is 5.75 Å². The van der Waals surface area contributed by atoms with Crippen LogP contribution >= 0.6 is 11.6 Å². The average Bonchev–Trinajstić information content (AvgIpc) is 2.36. The molecule has 19 heavy (non-hydrogen) atoms. The second-order valence-corrected chi connectivity index (χ2v) is 4.91. The van der Waals surface area contributed by atoms with E-state index in [9.17, 15) is 9.90 Å². The Morgan fingerprint density at radius 3 is 2.84 bits per heavy atom. The van der Waals surface area contributed by atoms with Crippen molar-refractivity contribution in [3.8, 4) is 5.75 Å². The molecule has 0 spiro atoms. The van der Waals surface area contributed by atoms with E-state index in [2.05, 4.69) is 0 Å². The summed E-state index contributed by atoms with van der Waals surface area (Å²) in [6.07, 6.45) is 0.348. The van der Waals surface area contributed by atoms with Gasteiger partial charge in [0, 0.05) is 18.7 Å². The lowest BCUT2D eigenvalue weighted by Crippen LogP contribution is -2.53. The number of β-amino-alcohol motifs (C(OH)–C–C–N with tert-alkyl or cyclic N) is 1. The second-order valence-electron chi connectivity index (χ2n) is 4.50. The van der Waals surface area contributed by atoms with Gasteiger partial charge < -0.3 is 20.5 Å². The topological polar surface area (TPSA) is 75.8 Å². The third-order valence-corrected chi connectivity index (χ3v) is 3.23. The van der Waals surface area contributed by atoms with Crippen LogP contribution in [-0.2, 0) is 0 Å². The Morgan fingerprint density at radius 1 is 1.53 bits per heavy atom. The molecule has 1 fully saturated rings. The number of likely N-dealkylation sites (tertiary alicyclic amines) is 1. The van der Waals surface area contributed by atoms with Gasteiger partial charge in [0.25, 0.3) is 5.91 Å². The third kappa shape index (κ3) is 3.37. The molecular formula is C13H17ClN2O3. The lowest BCUT2D eigenvalue weighted by Gasteiger charge is -2.35. The molecule has 0 aromatic heterocycles. The Balaban J connectivity index is 1.99. The second kappa shape index (κ2) is 6.23. The molecule has 1 saturated heterocycles. The molecule has 0 radical (unpaired) electrons. The number of halogens is 1. The van der Waals surface area contributed by atoms with Crippen LogP contribution in [0.25, 0.3) is 0 Å². The van der Waals surface area contributed by atoms with E-state index in [1.54, 1.807) is 23.1 Å². The number of ether oxygens (including phenoxy) is 1. The van der Waals surface area contributed by atoms with Crippen LogP contribution in [0.5, 0.6) is 5.75 Å². The minimum atomic E-state index is -0.404. The van der Waals surface area contributed by atoms with Gasteiger partial charge >= 0.3 is 0 Å². The number of nitrogens with two attached hydrogens (primary N) is 1. The van der Waals surface area contributed by atoms with Crippen molar-refractivity contribution in [2.75, 3.05) is 26.2 Å². The third-order valence-electron chi connectivity index (χ3n) is 2.93. The van der Waals surface area contributed by atoms with Gasteiger partial charge in [-0.3, -0.25) is 4.79 Å². The quantitative estimate of drug-likeness (QED) is 0.787. The normalized spacial score (nSPS) is 15.2. The molecule has 5 nitrogen and oxygen atoms in total. The monoisotopic (exact) mass is 284 g/mol. The van der Waals surface area contributed by atoms with Gasteiger partial charge in [-0.15, -0.1) is 0 Å². The lowest BCUT2D eigenvalue weighted by molar-refractivity contribution is 0.00589. The molecule has 0 atom stereocenters. The summed E-state index contributed by atoms with van der Waals surface area (Å²) in [5.74, 6) is 0.427. The van der Waals surface area contributed by atoms with E-state index < -0.39 is 6.10 Å². The summed E-state index contributed by atoms with van der Waals surface area (Å²) in [5, 5.41) is 9.59. The molecule has 0 unspecified atom stereocenters. The van der Waals surface area contributed by atoms with Crippen LogP contribution in [0.15, 0.2) is 18.2 Å². The Kier molecular flexibility index (Phi) is 4.63. The first-order chi connectivity index (χ1) is 9.11. The number of aliphatic hydroxyl groups is 1. The van der Waals surface area contributed by atoms with Crippen LogP contribution < -0.4 is 10.5 Å². The number of carbonyl (C=O) groups is 1. The molecule has 1 aromatic rings. The molecule has 0 saturated carbocycles. The molecule has 1 aliphatic heterocycles. The summed E-state index contributed by atoms with van der Waals surface area (Å²) in [7, 11) is 0. The van der Waals surface area contributed by atoms with Crippen molar-refractivity contribution in [2.24, 2.45) is 5.73 Å². The molecule has 1 heterocycles. The Bertz CT molecular complexity index is 461. The maximum absolute atomic E-state index is 12.0. The summed E-state index contributed by atoms with van der Waals surface area (Å²) in [6.45, 7) is 1.82. The molecule has 104 valence electrons. The van der Waals surface area contributed by atoms with Crippen molar-refractivity contribution < 1.29 is 14.6 Å². The molecule has 6 heteroatoms. The van der Waals surface area contributed by atoms with Crippen molar-refractivity contribution in [1.29, 1.82) is 0 Å². The van der Waals surface area contributed by atoms with Crippen molar-refractivity contribution in [3.63, 3.8) is 0 Å². The number of nitrogens with zero attached hydrogens (tertiary/aromatic N) is 1. The van der Waals surface area contributed by atoms with E-state index in [0.29, 0.717) is 42.6 Å². The van der Waals surface area contributed by atoms with Crippen molar-refractivity contribution in [2.45, 2.75) is 12.5 Å². The van der Waals surface area contributed by atoms with Crippen molar-refractivity contribution in [3.05, 3.63) is 28.8 Å². The fourth-order valence-electron chi connectivity index (χ4n) is 1.82. The molecule has 1 amide bonds. The largest absolute Gasteiger partial charge is 0.492 e. The van der Waals surface area contributed by atoms with Crippen molar-refractivity contribution in [1.82, 2.24) is 4.90 Å². The van der Waals surface area contributed by atoms with E-state index in [1.807, 2.05) is 0 Å². The maximum atomic E-state index is 12.0. The highest BCUT2D eigenvalue weighted by Gasteiger charge is 2.29. The molecule has 2 rings (SSSR count). The van der Waals surface area contributed by atoms with Crippen LogP contribution in [0.2, 0.25) is 5.02 Å². The fraction of sp³-hybridized carbons (Fsp3) is 0.462. The van der Waals surface area contributed by atoms with E-state index >= 15 is 0 Å². The van der Waals surface area contributed by atoms with Gasteiger partial charge in [-0.05, 0) is 31.2 Å². The van der Waals surface area contributed by atoms with E-state index in [-0.39, 0.29) is 5.91 Å². The summed E-state index contributed by atoms with van der Waals surface area (Å²) in [5.41, 5.74) is 5.88. The highest BCUT2D eigenvalue weighted by Crippen LogP contribution is 2.26. The van der Waals surface area contributed by atoms with Gasteiger partial charge in [-0.1, -0.05) is 11.6 Å². The van der Waals surface area contributed by atoms with Gasteiger partial charge in [-0.2, -0.15) is 0 Å². The predicted octanol–water partition coefficient (Wildman–Crippen LogP) is 0.884. The van der Waals surface area contributed by atoms with Gasteiger partial charge in [0.05, 0.1) is 17.7 Å². The first-order valence-corrected chi connectivity index (χ1v) is 6.59. The van der Waals surface area contributed by atoms with Crippen LogP contribution in [-0.4, -0.2) is 48.3 Å². The zero-order valence-electron chi connectivity index (χ0n) is 10.5. The highest BCUT2D eigenvalue weighted by molar-refractivity contribution is 6.32. The minimum Gasteiger partial charge on any atom is -0.492 e. The molecule has 3 N–H and O–H groups in total. The standard InChI is InChI=1S/C13H17ClN2O3/c14-11-6-9(13(18)16-7-10(17)8-16)2-3-12(11)19-5-1-4-15/h2-3,6,10,17H,1,4-5,7-8,15H2. The van der Waals surface area contributed by atoms with Crippen LogP contribution in [0, 0.1) is 0 Å². The van der Waals surface area contributed by atoms with Crippen LogP contribution in [0.1, 0.15) is 16.8 Å². The van der Waals surface area contributed by atoms with Crippen LogP contribution in [0.3, 0.4) is 0 Å². The molecule has 0 aliphatic carbocycles. The number of hydrogen-bond donors (Lipinski definition) is 2. The van der Waals surface area contributed by atoms with E-state index in [1.165, 1.54) is 0 Å². The Hall–Kier alpha value is -1.30. The Labute approximate surface area is 116 Å². The zero-order valence-corrected chi connectivity index (χ0v) is 11.3. The summed E-state index contributed by atoms with van der Waals surface area (Å²) in [4.78, 5) is 13.6. The first kappa shape index (κ1) is 14.1. The Morgan fingerprint density at radius 2 is 2.26 bits per heavy atom. The predicted molar refractivity (Wildman–Crippen MR) is 72.5 cm³/mol. The first-order valence-electron chi connectivity index (χ1n) is 6.21. The molecule has 0 bridgehead atoms. The average molecular weight is 285 g/mol. The molecule has 1 aromatic carbocycles. The minimum absolute atomic E-state index is 0.124. The summed E-state index contributed by atoms with van der Waals surface area (Å²) < 4.78 is 5.45. The number of aliphatic hydroxyl groups excluding tert-OH is 1. The number of hydrogen-bond acceptors (Lipinski definition) is 4. The number of amides is 1. The van der Waals surface area contributed by atoms with E-state index in [4.69, 9.17) is 22.1 Å². The summed E-state index contributed by atoms with van der Waals surface area (Å²) in [6, 6.07) is 4.95. The van der Waals surface area contributed by atoms with Gasteiger partial charge in [-0.25, -0.2) is 0 Å². The lowest BCUT2D eigenvalue weighted by atomic mass is 10.1. The van der Waals surface area contributed by atoms with Gasteiger partial charge in [0.2, 0.25) is 0 Å². The van der Waals surface area contributed by atoms with Crippen LogP contribution in [0.4, 0.5) is 0 Å². The molecule has 1 aliphatic rings. The maximum Gasteiger partial charge on any atom is 0.254 e. The number of benzene rings is 1. The highest BCUT2D eigenvalue weighted by atomic mass is 35.5. The zero-order chi connectivity index (χ0) is 13.8. The van der Waals surface area contributed by atoms with Gasteiger partial charge in [0.15, 0.2) is 0 Å². The number of carbonyl (C=O) groups excluding carboxylic acids is 1. The van der Waals surface area contributed by atoms with E-state index in [0.717, 1.165) is 6.42 Å². The summed E-state index contributed by atoms with van der Waals surface area (Å²) >= 11 is 6.07. The smallest absolute Gasteiger partial charge is 0.254 e. The SMILES string of the molecule is NCCCOc1ccc(C(=O)N2CC(O)C2)cc1Cl.